The molecule has 4 rings (SSSR count). The number of benzene rings is 3. The van der Waals surface area contributed by atoms with Crippen LogP contribution in [-0.2, 0) is 32.5 Å². The third-order valence-electron chi connectivity index (χ3n) is 5.55. The number of anilines is 1. The molecule has 176 valence electrons. The van der Waals surface area contributed by atoms with E-state index < -0.39 is 28.5 Å². The highest BCUT2D eigenvalue weighted by Gasteiger charge is 2.30. The molecule has 0 fully saturated rings. The van der Waals surface area contributed by atoms with Gasteiger partial charge >= 0.3 is 5.97 Å². The molecule has 34 heavy (non-hydrogen) atoms. The molecule has 0 saturated carbocycles. The van der Waals surface area contributed by atoms with E-state index in [-0.39, 0.29) is 22.0 Å². The summed E-state index contributed by atoms with van der Waals surface area (Å²) < 4.78 is 33.1. The van der Waals surface area contributed by atoms with Crippen molar-refractivity contribution in [3.8, 4) is 0 Å². The molecule has 1 amide bonds. The molecule has 0 radical (unpaired) electrons. The molecular weight excluding hydrogens is 476 g/mol. The minimum absolute atomic E-state index is 0.00697. The smallest absolute Gasteiger partial charge is 0.338 e. The Labute approximate surface area is 203 Å². The van der Waals surface area contributed by atoms with Crippen molar-refractivity contribution in [3.05, 3.63) is 94.0 Å². The Morgan fingerprint density at radius 1 is 1.03 bits per heavy atom. The van der Waals surface area contributed by atoms with E-state index in [1.807, 2.05) is 43.3 Å². The van der Waals surface area contributed by atoms with Gasteiger partial charge < -0.3 is 10.1 Å². The predicted molar refractivity (Wildman–Crippen MR) is 129 cm³/mol. The van der Waals surface area contributed by atoms with Gasteiger partial charge in [-0.1, -0.05) is 53.6 Å². The standard InChI is InChI=1S/C25H23ClN2O5S/c1-17-6-9-21(10-7-17)27-24(29)16-33-25(30)19-8-11-22(26)23(14-19)34(31,32)28-13-12-18-4-2-3-5-20(18)15-28/h2-11,14H,12-13,15-16H2,1H3,(H,27,29). The number of amides is 1. The lowest BCUT2D eigenvalue weighted by Crippen LogP contribution is -2.36. The monoisotopic (exact) mass is 498 g/mol. The van der Waals surface area contributed by atoms with E-state index in [0.717, 1.165) is 16.7 Å². The topological polar surface area (TPSA) is 92.8 Å². The highest BCUT2D eigenvalue weighted by atomic mass is 35.5. The van der Waals surface area contributed by atoms with E-state index >= 15 is 0 Å². The first-order valence-corrected chi connectivity index (χ1v) is 12.5. The van der Waals surface area contributed by atoms with Gasteiger partial charge in [-0.15, -0.1) is 0 Å². The fraction of sp³-hybridized carbons (Fsp3) is 0.200. The normalized spacial score (nSPS) is 13.7. The minimum atomic E-state index is -3.95. The van der Waals surface area contributed by atoms with Crippen LogP contribution < -0.4 is 5.32 Å². The number of carbonyl (C=O) groups is 2. The number of esters is 1. The summed E-state index contributed by atoms with van der Waals surface area (Å²) in [5.41, 5.74) is 3.66. The van der Waals surface area contributed by atoms with Crippen molar-refractivity contribution in [1.82, 2.24) is 4.31 Å². The summed E-state index contributed by atoms with van der Waals surface area (Å²) in [5.74, 6) is -1.33. The Morgan fingerprint density at radius 2 is 1.74 bits per heavy atom. The van der Waals surface area contributed by atoms with Gasteiger partial charge in [-0.3, -0.25) is 4.79 Å². The van der Waals surface area contributed by atoms with Gasteiger partial charge in [-0.05, 0) is 54.8 Å². The quantitative estimate of drug-likeness (QED) is 0.514. The number of rotatable bonds is 6. The lowest BCUT2D eigenvalue weighted by molar-refractivity contribution is -0.119. The van der Waals surface area contributed by atoms with Crippen LogP contribution in [0.4, 0.5) is 5.69 Å². The number of hydrogen-bond donors (Lipinski definition) is 1. The van der Waals surface area contributed by atoms with E-state index in [1.165, 1.54) is 22.5 Å². The molecule has 0 aliphatic carbocycles. The summed E-state index contributed by atoms with van der Waals surface area (Å²) in [5, 5.41) is 2.64. The van der Waals surface area contributed by atoms with Gasteiger partial charge in [0.05, 0.1) is 10.6 Å². The number of fused-ring (bicyclic) bond motifs is 1. The van der Waals surface area contributed by atoms with Gasteiger partial charge in [0.2, 0.25) is 10.0 Å². The van der Waals surface area contributed by atoms with Crippen LogP contribution in [0.25, 0.3) is 0 Å². The van der Waals surface area contributed by atoms with Crippen molar-refractivity contribution in [2.45, 2.75) is 24.8 Å². The average Bonchev–Trinajstić information content (AvgIpc) is 2.83. The second kappa shape index (κ2) is 9.97. The first kappa shape index (κ1) is 23.9. The molecule has 0 aromatic heterocycles. The van der Waals surface area contributed by atoms with Gasteiger partial charge in [0, 0.05) is 18.8 Å². The molecule has 0 bridgehead atoms. The third kappa shape index (κ3) is 5.30. The van der Waals surface area contributed by atoms with E-state index in [0.29, 0.717) is 18.7 Å². The van der Waals surface area contributed by atoms with Crippen LogP contribution in [0, 0.1) is 6.92 Å². The summed E-state index contributed by atoms with van der Waals surface area (Å²) in [4.78, 5) is 24.5. The second-order valence-corrected chi connectivity index (χ2v) is 10.3. The molecule has 1 aliphatic heterocycles. The summed E-state index contributed by atoms with van der Waals surface area (Å²) in [6, 6.07) is 18.8. The SMILES string of the molecule is Cc1ccc(NC(=O)COC(=O)c2ccc(Cl)c(S(=O)(=O)N3CCc4ccccc4C3)c2)cc1. The lowest BCUT2D eigenvalue weighted by Gasteiger charge is -2.28. The van der Waals surface area contributed by atoms with Crippen molar-refractivity contribution >= 4 is 39.2 Å². The maximum Gasteiger partial charge on any atom is 0.338 e. The Balaban J connectivity index is 1.45. The molecular formula is C25H23ClN2O5S. The average molecular weight is 499 g/mol. The Kier molecular flexibility index (Phi) is 7.02. The molecule has 0 atom stereocenters. The second-order valence-electron chi connectivity index (χ2n) is 7.99. The number of ether oxygens (including phenoxy) is 1. The number of carbonyl (C=O) groups excluding carboxylic acids is 2. The van der Waals surface area contributed by atoms with E-state index in [2.05, 4.69) is 5.32 Å². The summed E-state index contributed by atoms with van der Waals surface area (Å²) >= 11 is 6.21. The van der Waals surface area contributed by atoms with Crippen LogP contribution in [0.3, 0.4) is 0 Å². The van der Waals surface area contributed by atoms with E-state index in [4.69, 9.17) is 16.3 Å². The number of hydrogen-bond acceptors (Lipinski definition) is 5. The maximum atomic E-state index is 13.3. The van der Waals surface area contributed by atoms with Crippen molar-refractivity contribution in [2.24, 2.45) is 0 Å². The lowest BCUT2D eigenvalue weighted by atomic mass is 10.0. The molecule has 0 unspecified atom stereocenters. The molecule has 3 aromatic rings. The summed E-state index contributed by atoms with van der Waals surface area (Å²) in [6.07, 6.45) is 0.588. The Morgan fingerprint density at radius 3 is 2.47 bits per heavy atom. The van der Waals surface area contributed by atoms with Gasteiger partial charge in [0.15, 0.2) is 6.61 Å². The van der Waals surface area contributed by atoms with E-state index in [9.17, 15) is 18.0 Å². The first-order valence-electron chi connectivity index (χ1n) is 10.6. The maximum absolute atomic E-state index is 13.3. The van der Waals surface area contributed by atoms with Gasteiger partial charge in [-0.25, -0.2) is 13.2 Å². The van der Waals surface area contributed by atoms with Crippen molar-refractivity contribution in [2.75, 3.05) is 18.5 Å². The fourth-order valence-electron chi connectivity index (χ4n) is 3.69. The van der Waals surface area contributed by atoms with Crippen LogP contribution in [0.5, 0.6) is 0 Å². The molecule has 1 N–H and O–H groups in total. The summed E-state index contributed by atoms with van der Waals surface area (Å²) in [7, 11) is -3.95. The molecule has 1 heterocycles. The van der Waals surface area contributed by atoms with Crippen LogP contribution in [0.15, 0.2) is 71.6 Å². The number of halogens is 1. The number of nitrogens with one attached hydrogen (secondary N) is 1. The summed E-state index contributed by atoms with van der Waals surface area (Å²) in [6.45, 7) is 1.95. The Hall–Kier alpha value is -3.20. The van der Waals surface area contributed by atoms with Gasteiger partial charge in [0.1, 0.15) is 4.90 Å². The minimum Gasteiger partial charge on any atom is -0.452 e. The molecule has 1 aliphatic rings. The zero-order chi connectivity index (χ0) is 24.3. The number of nitrogens with zero attached hydrogens (tertiary/aromatic N) is 1. The molecule has 0 spiro atoms. The molecule has 0 saturated heterocycles. The van der Waals surface area contributed by atoms with Crippen molar-refractivity contribution < 1.29 is 22.7 Å². The highest BCUT2D eigenvalue weighted by molar-refractivity contribution is 7.89. The van der Waals surface area contributed by atoms with Crippen LogP contribution in [-0.4, -0.2) is 37.8 Å². The van der Waals surface area contributed by atoms with Crippen molar-refractivity contribution in [1.29, 1.82) is 0 Å². The number of sulfonamides is 1. The fourth-order valence-corrected chi connectivity index (χ4v) is 5.61. The van der Waals surface area contributed by atoms with Crippen LogP contribution in [0.1, 0.15) is 27.0 Å². The van der Waals surface area contributed by atoms with Gasteiger partial charge in [-0.2, -0.15) is 4.31 Å². The predicted octanol–water partition coefficient (Wildman–Crippen LogP) is 4.19. The van der Waals surface area contributed by atoms with E-state index in [1.54, 1.807) is 12.1 Å². The molecule has 7 nitrogen and oxygen atoms in total. The van der Waals surface area contributed by atoms with Crippen LogP contribution >= 0.6 is 11.6 Å². The van der Waals surface area contributed by atoms with Crippen molar-refractivity contribution in [3.63, 3.8) is 0 Å². The number of aryl methyl sites for hydroxylation is 1. The largest absolute Gasteiger partial charge is 0.452 e. The van der Waals surface area contributed by atoms with Gasteiger partial charge in [0.25, 0.3) is 5.91 Å². The molecule has 3 aromatic carbocycles. The molecule has 9 heteroatoms. The van der Waals surface area contributed by atoms with Crippen LogP contribution in [0.2, 0.25) is 5.02 Å². The Bertz CT molecular complexity index is 1340. The zero-order valence-electron chi connectivity index (χ0n) is 18.5. The highest BCUT2D eigenvalue weighted by Crippen LogP contribution is 2.30. The first-order chi connectivity index (χ1) is 16.2. The zero-order valence-corrected chi connectivity index (χ0v) is 20.0. The third-order valence-corrected chi connectivity index (χ3v) is 7.88.